The number of anilines is 1. The third-order valence-corrected chi connectivity index (χ3v) is 6.78. The standard InChI is InChI=1S/C26H35N3O2/c1-4-5-14-29-15-12-19(13-16-29)27-26-20-10-8-6-7-9-11-22(20)28-23-18-25(31-3)24(30-2)17-21(23)26/h1,17-19H,5-16H2,2-3H3,(H,27,28). The lowest BCUT2D eigenvalue weighted by molar-refractivity contribution is 0.224. The normalized spacial score (nSPS) is 18.0. The number of piperidine rings is 1. The maximum atomic E-state index is 5.63. The van der Waals surface area contributed by atoms with Gasteiger partial charge >= 0.3 is 0 Å². The molecule has 1 aromatic heterocycles. The summed E-state index contributed by atoms with van der Waals surface area (Å²) in [7, 11) is 3.38. The largest absolute Gasteiger partial charge is 0.493 e. The zero-order chi connectivity index (χ0) is 21.6. The Bertz CT molecular complexity index is 942. The van der Waals surface area contributed by atoms with Gasteiger partial charge in [0.05, 0.1) is 19.7 Å². The summed E-state index contributed by atoms with van der Waals surface area (Å²) in [5.41, 5.74) is 4.93. The van der Waals surface area contributed by atoms with Crippen LogP contribution in [0.4, 0.5) is 5.69 Å². The summed E-state index contributed by atoms with van der Waals surface area (Å²) >= 11 is 0. The van der Waals surface area contributed by atoms with E-state index in [0.29, 0.717) is 6.04 Å². The van der Waals surface area contributed by atoms with E-state index in [-0.39, 0.29) is 0 Å². The molecule has 0 amide bonds. The van der Waals surface area contributed by atoms with Crippen LogP contribution in [0, 0.1) is 12.3 Å². The fourth-order valence-electron chi connectivity index (χ4n) is 5.00. The lowest BCUT2D eigenvalue weighted by Crippen LogP contribution is -2.39. The highest BCUT2D eigenvalue weighted by atomic mass is 16.5. The van der Waals surface area contributed by atoms with Crippen LogP contribution >= 0.6 is 0 Å². The predicted molar refractivity (Wildman–Crippen MR) is 127 cm³/mol. The second kappa shape index (κ2) is 10.2. The van der Waals surface area contributed by atoms with E-state index in [9.17, 15) is 0 Å². The van der Waals surface area contributed by atoms with Gasteiger partial charge in [0.25, 0.3) is 0 Å². The van der Waals surface area contributed by atoms with Crippen LogP contribution in [0.15, 0.2) is 12.1 Å². The third kappa shape index (κ3) is 4.91. The summed E-state index contributed by atoms with van der Waals surface area (Å²) in [6.45, 7) is 3.21. The van der Waals surface area contributed by atoms with Crippen molar-refractivity contribution in [1.82, 2.24) is 9.88 Å². The Hall–Kier alpha value is -2.45. The van der Waals surface area contributed by atoms with E-state index >= 15 is 0 Å². The number of aromatic nitrogens is 1. The lowest BCUT2D eigenvalue weighted by atomic mass is 9.93. The zero-order valence-corrected chi connectivity index (χ0v) is 19.0. The molecular weight excluding hydrogens is 386 g/mol. The van der Waals surface area contributed by atoms with Crippen molar-refractivity contribution >= 4 is 16.6 Å². The quantitative estimate of drug-likeness (QED) is 0.678. The van der Waals surface area contributed by atoms with Crippen LogP contribution in [-0.2, 0) is 12.8 Å². The van der Waals surface area contributed by atoms with Gasteiger partial charge in [-0.1, -0.05) is 12.8 Å². The molecule has 1 aromatic carbocycles. The Balaban J connectivity index is 1.69. The number of likely N-dealkylation sites (tertiary alicyclic amines) is 1. The van der Waals surface area contributed by atoms with Crippen molar-refractivity contribution in [2.24, 2.45) is 0 Å². The molecule has 1 aliphatic heterocycles. The first-order chi connectivity index (χ1) is 15.2. The number of rotatable bonds is 6. The maximum Gasteiger partial charge on any atom is 0.162 e. The molecule has 1 N–H and O–H groups in total. The lowest BCUT2D eigenvalue weighted by Gasteiger charge is -2.33. The van der Waals surface area contributed by atoms with Crippen LogP contribution < -0.4 is 14.8 Å². The molecule has 0 bridgehead atoms. The Morgan fingerprint density at radius 3 is 2.48 bits per heavy atom. The molecule has 2 aromatic rings. The van der Waals surface area contributed by atoms with Crippen LogP contribution in [-0.4, -0.2) is 49.8 Å². The number of hydrogen-bond donors (Lipinski definition) is 1. The van der Waals surface area contributed by atoms with E-state index in [1.54, 1.807) is 14.2 Å². The van der Waals surface area contributed by atoms with Crippen LogP contribution in [0.25, 0.3) is 10.9 Å². The van der Waals surface area contributed by atoms with E-state index < -0.39 is 0 Å². The topological polar surface area (TPSA) is 46.6 Å². The minimum absolute atomic E-state index is 0.468. The number of ether oxygens (including phenoxy) is 2. The number of pyridine rings is 1. The van der Waals surface area contributed by atoms with E-state index in [2.05, 4.69) is 22.2 Å². The van der Waals surface area contributed by atoms with E-state index in [1.165, 1.54) is 42.6 Å². The highest BCUT2D eigenvalue weighted by molar-refractivity contribution is 5.96. The molecule has 0 saturated carbocycles. The Morgan fingerprint density at radius 2 is 1.77 bits per heavy atom. The molecule has 1 fully saturated rings. The van der Waals surface area contributed by atoms with E-state index in [4.69, 9.17) is 20.9 Å². The summed E-state index contributed by atoms with van der Waals surface area (Å²) in [5, 5.41) is 5.11. The number of terminal acetylenes is 1. The summed E-state index contributed by atoms with van der Waals surface area (Å²) in [6, 6.07) is 4.60. The van der Waals surface area contributed by atoms with Gasteiger partial charge in [0.2, 0.25) is 0 Å². The molecule has 1 aliphatic carbocycles. The molecule has 31 heavy (non-hydrogen) atoms. The van der Waals surface area contributed by atoms with Crippen LogP contribution in [0.3, 0.4) is 0 Å². The molecule has 5 nitrogen and oxygen atoms in total. The van der Waals surface area contributed by atoms with Gasteiger partial charge in [-0.25, -0.2) is 0 Å². The number of aryl methyl sites for hydroxylation is 1. The number of fused-ring (bicyclic) bond motifs is 2. The van der Waals surface area contributed by atoms with Crippen molar-refractivity contribution in [3.8, 4) is 23.8 Å². The van der Waals surface area contributed by atoms with Crippen molar-refractivity contribution < 1.29 is 9.47 Å². The first-order valence-corrected chi connectivity index (χ1v) is 11.7. The minimum atomic E-state index is 0.468. The van der Waals surface area contributed by atoms with E-state index in [1.807, 2.05) is 6.07 Å². The molecule has 1 saturated heterocycles. The summed E-state index contributed by atoms with van der Waals surface area (Å²) < 4.78 is 11.2. The number of nitrogens with one attached hydrogen (secondary N) is 1. The molecule has 0 spiro atoms. The van der Waals surface area contributed by atoms with Crippen LogP contribution in [0.2, 0.25) is 0 Å². The number of benzene rings is 1. The van der Waals surface area contributed by atoms with Crippen molar-refractivity contribution in [2.45, 2.75) is 63.8 Å². The summed E-state index contributed by atoms with van der Waals surface area (Å²) in [6.07, 6.45) is 15.7. The average molecular weight is 422 g/mol. The average Bonchev–Trinajstić information content (AvgIpc) is 2.78. The Kier molecular flexibility index (Phi) is 7.19. The van der Waals surface area contributed by atoms with Gasteiger partial charge in [-0.05, 0) is 50.2 Å². The number of nitrogens with zero attached hydrogens (tertiary/aromatic N) is 2. The van der Waals surface area contributed by atoms with Gasteiger partial charge in [0, 0.05) is 54.9 Å². The van der Waals surface area contributed by atoms with Crippen molar-refractivity contribution in [2.75, 3.05) is 39.2 Å². The number of methoxy groups -OCH3 is 2. The molecule has 2 aliphatic rings. The van der Waals surface area contributed by atoms with Crippen LogP contribution in [0.1, 0.15) is 56.2 Å². The highest BCUT2D eigenvalue weighted by Crippen LogP contribution is 2.39. The molecule has 5 heteroatoms. The van der Waals surface area contributed by atoms with Gasteiger partial charge in [0.1, 0.15) is 0 Å². The second-order valence-corrected chi connectivity index (χ2v) is 8.76. The Morgan fingerprint density at radius 1 is 1.06 bits per heavy atom. The zero-order valence-electron chi connectivity index (χ0n) is 19.0. The van der Waals surface area contributed by atoms with Gasteiger partial charge in [-0.15, -0.1) is 12.3 Å². The fourth-order valence-corrected chi connectivity index (χ4v) is 5.00. The maximum absolute atomic E-state index is 5.63. The van der Waals surface area contributed by atoms with E-state index in [0.717, 1.165) is 74.1 Å². The Labute approximate surface area is 186 Å². The minimum Gasteiger partial charge on any atom is -0.493 e. The third-order valence-electron chi connectivity index (χ3n) is 6.78. The van der Waals surface area contributed by atoms with Crippen molar-refractivity contribution in [1.29, 1.82) is 0 Å². The highest BCUT2D eigenvalue weighted by Gasteiger charge is 2.23. The summed E-state index contributed by atoms with van der Waals surface area (Å²) in [5.74, 6) is 4.26. The van der Waals surface area contributed by atoms with Crippen molar-refractivity contribution in [3.63, 3.8) is 0 Å². The molecule has 0 radical (unpaired) electrons. The monoisotopic (exact) mass is 421 g/mol. The molecule has 0 atom stereocenters. The first-order valence-electron chi connectivity index (χ1n) is 11.7. The van der Waals surface area contributed by atoms with Gasteiger partial charge in [-0.3, -0.25) is 4.98 Å². The SMILES string of the molecule is C#CCCN1CCC(Nc2c3c(nc4cc(OC)c(OC)cc24)CCCCCC3)CC1. The fraction of sp³-hybridized carbons (Fsp3) is 0.577. The molecule has 0 unspecified atom stereocenters. The molecular formula is C26H35N3O2. The van der Waals surface area contributed by atoms with Crippen molar-refractivity contribution in [3.05, 3.63) is 23.4 Å². The first kappa shape index (κ1) is 21.8. The molecule has 2 heterocycles. The van der Waals surface area contributed by atoms with Gasteiger partial charge < -0.3 is 19.7 Å². The second-order valence-electron chi connectivity index (χ2n) is 8.76. The predicted octanol–water partition coefficient (Wildman–Crippen LogP) is 4.81. The molecule has 4 rings (SSSR count). The van der Waals surface area contributed by atoms with Gasteiger partial charge in [-0.2, -0.15) is 0 Å². The summed E-state index contributed by atoms with van der Waals surface area (Å²) in [4.78, 5) is 7.59. The molecule has 166 valence electrons. The number of hydrogen-bond acceptors (Lipinski definition) is 5. The smallest absolute Gasteiger partial charge is 0.162 e. The van der Waals surface area contributed by atoms with Crippen LogP contribution in [0.5, 0.6) is 11.5 Å². The van der Waals surface area contributed by atoms with Gasteiger partial charge in [0.15, 0.2) is 11.5 Å².